The Hall–Kier alpha value is -1.65. The first kappa shape index (κ1) is 13.4. The lowest BCUT2D eigenvalue weighted by Gasteiger charge is -2.19. The summed E-state index contributed by atoms with van der Waals surface area (Å²) in [5.41, 5.74) is 6.97. The molecule has 0 saturated heterocycles. The van der Waals surface area contributed by atoms with E-state index in [1.165, 1.54) is 13.3 Å². The van der Waals surface area contributed by atoms with Gasteiger partial charge in [-0.15, -0.1) is 0 Å². The zero-order valence-corrected chi connectivity index (χ0v) is 9.91. The number of ether oxygens (including phenoxy) is 1. The van der Waals surface area contributed by atoms with E-state index < -0.39 is 12.1 Å². The van der Waals surface area contributed by atoms with E-state index in [0.29, 0.717) is 6.42 Å². The molecule has 0 radical (unpaired) electrons. The van der Waals surface area contributed by atoms with Gasteiger partial charge in [-0.1, -0.05) is 36.9 Å². The molecule has 17 heavy (non-hydrogen) atoms. The summed E-state index contributed by atoms with van der Waals surface area (Å²) in [6.45, 7) is 3.42. The van der Waals surface area contributed by atoms with Crippen LogP contribution in [-0.4, -0.2) is 30.2 Å². The van der Waals surface area contributed by atoms with Crippen LogP contribution in [0.1, 0.15) is 5.56 Å². The molecule has 1 aromatic rings. The van der Waals surface area contributed by atoms with Crippen molar-refractivity contribution in [3.8, 4) is 0 Å². The van der Waals surface area contributed by atoms with Gasteiger partial charge in [-0.05, 0) is 12.0 Å². The summed E-state index contributed by atoms with van der Waals surface area (Å²) in [4.78, 5) is 3.83. The highest BCUT2D eigenvalue weighted by atomic mass is 16.5. The van der Waals surface area contributed by atoms with Crippen LogP contribution < -0.4 is 5.73 Å². The van der Waals surface area contributed by atoms with Gasteiger partial charge in [0.15, 0.2) is 0 Å². The molecule has 0 heterocycles. The van der Waals surface area contributed by atoms with Gasteiger partial charge in [0, 0.05) is 13.1 Å². The molecule has 0 aliphatic heterocycles. The number of rotatable bonds is 5. The highest BCUT2D eigenvalue weighted by Gasteiger charge is 2.21. The molecule has 2 unspecified atom stereocenters. The molecule has 0 saturated carbocycles. The molecule has 4 nitrogen and oxygen atoms in total. The molecular weight excluding hydrogens is 216 g/mol. The molecule has 0 aromatic heterocycles. The second-order valence-electron chi connectivity index (χ2n) is 3.64. The molecule has 0 bridgehead atoms. The standard InChI is InChI=1S/C13H18N2O2/c1-3-17-13(15-2)12(16)11(14)9-10-7-5-4-6-8-10/h3-8,11-12,16H,1,9,14H2,2H3. The Morgan fingerprint density at radius 1 is 1.53 bits per heavy atom. The second-order valence-corrected chi connectivity index (χ2v) is 3.64. The van der Waals surface area contributed by atoms with Crippen molar-refractivity contribution in [1.82, 2.24) is 0 Å². The molecule has 0 amide bonds. The Morgan fingerprint density at radius 3 is 2.71 bits per heavy atom. The monoisotopic (exact) mass is 234 g/mol. The van der Waals surface area contributed by atoms with Crippen molar-refractivity contribution >= 4 is 5.90 Å². The molecule has 0 aliphatic rings. The van der Waals surface area contributed by atoms with Gasteiger partial charge >= 0.3 is 0 Å². The third-order valence-electron chi connectivity index (χ3n) is 2.40. The lowest BCUT2D eigenvalue weighted by Crippen LogP contribution is -2.42. The van der Waals surface area contributed by atoms with Crippen LogP contribution in [0.5, 0.6) is 0 Å². The van der Waals surface area contributed by atoms with Gasteiger partial charge in [-0.2, -0.15) is 0 Å². The van der Waals surface area contributed by atoms with E-state index in [0.717, 1.165) is 5.56 Å². The molecule has 1 aromatic carbocycles. The van der Waals surface area contributed by atoms with Crippen LogP contribution in [0.2, 0.25) is 0 Å². The normalized spacial score (nSPS) is 15.1. The van der Waals surface area contributed by atoms with Crippen LogP contribution in [-0.2, 0) is 11.2 Å². The summed E-state index contributed by atoms with van der Waals surface area (Å²) < 4.78 is 5.00. The van der Waals surface area contributed by atoms with E-state index in [2.05, 4.69) is 11.6 Å². The smallest absolute Gasteiger partial charge is 0.219 e. The molecule has 1 rings (SSSR count). The average molecular weight is 234 g/mol. The van der Waals surface area contributed by atoms with E-state index in [4.69, 9.17) is 10.5 Å². The fraction of sp³-hybridized carbons (Fsp3) is 0.308. The number of aliphatic hydroxyl groups excluding tert-OH is 1. The first-order chi connectivity index (χ1) is 8.19. The lowest BCUT2D eigenvalue weighted by molar-refractivity contribution is 0.182. The van der Waals surface area contributed by atoms with Gasteiger partial charge in [0.05, 0.1) is 6.26 Å². The van der Waals surface area contributed by atoms with Crippen molar-refractivity contribution in [2.45, 2.75) is 18.6 Å². The Balaban J connectivity index is 2.63. The molecule has 2 atom stereocenters. The Labute approximate surface area is 101 Å². The van der Waals surface area contributed by atoms with E-state index in [1.54, 1.807) is 0 Å². The fourth-order valence-corrected chi connectivity index (χ4v) is 1.52. The largest absolute Gasteiger partial charge is 0.449 e. The maximum absolute atomic E-state index is 9.94. The number of benzene rings is 1. The van der Waals surface area contributed by atoms with E-state index >= 15 is 0 Å². The molecule has 0 spiro atoms. The summed E-state index contributed by atoms with van der Waals surface area (Å²) in [5, 5.41) is 9.94. The molecule has 0 aliphatic carbocycles. The topological polar surface area (TPSA) is 67.8 Å². The minimum atomic E-state index is -0.932. The minimum Gasteiger partial charge on any atom is -0.449 e. The molecule has 3 N–H and O–H groups in total. The number of aliphatic imine (C=N–C) groups is 1. The van der Waals surface area contributed by atoms with Crippen LogP contribution >= 0.6 is 0 Å². The van der Waals surface area contributed by atoms with Gasteiger partial charge in [0.1, 0.15) is 6.10 Å². The third-order valence-corrected chi connectivity index (χ3v) is 2.40. The summed E-state index contributed by atoms with van der Waals surface area (Å²) in [5.74, 6) is 0.184. The second kappa shape index (κ2) is 6.83. The van der Waals surface area contributed by atoms with Crippen LogP contribution in [0.15, 0.2) is 48.2 Å². The van der Waals surface area contributed by atoms with Gasteiger partial charge in [-0.3, -0.25) is 4.99 Å². The summed E-state index contributed by atoms with van der Waals surface area (Å²) in [7, 11) is 1.54. The maximum atomic E-state index is 9.94. The lowest BCUT2D eigenvalue weighted by atomic mass is 10.0. The van der Waals surface area contributed by atoms with Crippen molar-refractivity contribution in [1.29, 1.82) is 0 Å². The van der Waals surface area contributed by atoms with Crippen molar-refractivity contribution in [3.05, 3.63) is 48.7 Å². The summed E-state index contributed by atoms with van der Waals surface area (Å²) in [6, 6.07) is 9.27. The molecule has 4 heteroatoms. The van der Waals surface area contributed by atoms with Crippen LogP contribution in [0.3, 0.4) is 0 Å². The summed E-state index contributed by atoms with van der Waals surface area (Å²) in [6.07, 6.45) is 0.848. The number of hydrogen-bond acceptors (Lipinski definition) is 4. The number of nitrogens with two attached hydrogens (primary N) is 1. The van der Waals surface area contributed by atoms with Gasteiger partial charge in [0.2, 0.25) is 5.90 Å². The SMILES string of the molecule is C=COC(=NC)C(O)C(N)Cc1ccccc1. The first-order valence-electron chi connectivity index (χ1n) is 5.40. The van der Waals surface area contributed by atoms with Crippen molar-refractivity contribution in [2.75, 3.05) is 7.05 Å². The highest BCUT2D eigenvalue weighted by molar-refractivity contribution is 5.81. The minimum absolute atomic E-state index is 0.184. The molecular formula is C13H18N2O2. The van der Waals surface area contributed by atoms with Gasteiger partial charge in [0.25, 0.3) is 0 Å². The Kier molecular flexibility index (Phi) is 5.39. The van der Waals surface area contributed by atoms with Crippen LogP contribution in [0.25, 0.3) is 0 Å². The van der Waals surface area contributed by atoms with Crippen LogP contribution in [0, 0.1) is 0 Å². The Bertz CT molecular complexity index is 376. The van der Waals surface area contributed by atoms with Crippen molar-refractivity contribution < 1.29 is 9.84 Å². The van der Waals surface area contributed by atoms with Crippen LogP contribution in [0.4, 0.5) is 0 Å². The van der Waals surface area contributed by atoms with E-state index in [1.807, 2.05) is 30.3 Å². The van der Waals surface area contributed by atoms with Gasteiger partial charge < -0.3 is 15.6 Å². The fourth-order valence-electron chi connectivity index (χ4n) is 1.52. The average Bonchev–Trinajstić information content (AvgIpc) is 2.36. The predicted octanol–water partition coefficient (Wildman–Crippen LogP) is 1.11. The maximum Gasteiger partial charge on any atom is 0.219 e. The Morgan fingerprint density at radius 2 is 2.18 bits per heavy atom. The highest BCUT2D eigenvalue weighted by Crippen LogP contribution is 2.06. The number of nitrogens with zero attached hydrogens (tertiary/aromatic N) is 1. The number of hydrogen-bond donors (Lipinski definition) is 2. The molecule has 92 valence electrons. The zero-order chi connectivity index (χ0) is 12.7. The zero-order valence-electron chi connectivity index (χ0n) is 9.91. The first-order valence-corrected chi connectivity index (χ1v) is 5.40. The van der Waals surface area contributed by atoms with Crippen molar-refractivity contribution in [3.63, 3.8) is 0 Å². The van der Waals surface area contributed by atoms with Crippen molar-refractivity contribution in [2.24, 2.45) is 10.7 Å². The quantitative estimate of drug-likeness (QED) is 0.455. The van der Waals surface area contributed by atoms with Gasteiger partial charge in [-0.25, -0.2) is 0 Å². The van der Waals surface area contributed by atoms with E-state index in [-0.39, 0.29) is 5.90 Å². The van der Waals surface area contributed by atoms with E-state index in [9.17, 15) is 5.11 Å². The summed E-state index contributed by atoms with van der Waals surface area (Å²) >= 11 is 0. The number of aliphatic hydroxyl groups is 1. The molecule has 0 fully saturated rings. The third kappa shape index (κ3) is 4.01. The predicted molar refractivity (Wildman–Crippen MR) is 68.8 cm³/mol.